The second-order valence-electron chi connectivity index (χ2n) is 12.7. The van der Waals surface area contributed by atoms with E-state index in [2.05, 4.69) is 115 Å². The summed E-state index contributed by atoms with van der Waals surface area (Å²) in [6.07, 6.45) is 4.88. The molecule has 47 heavy (non-hydrogen) atoms. The predicted molar refractivity (Wildman–Crippen MR) is 192 cm³/mol. The monoisotopic (exact) mass is 603 g/mol. The summed E-state index contributed by atoms with van der Waals surface area (Å²) >= 11 is 0. The lowest BCUT2D eigenvalue weighted by molar-refractivity contribution is 0.550. The topological polar surface area (TPSA) is 38.7 Å². The van der Waals surface area contributed by atoms with E-state index in [1.165, 1.54) is 64.6 Å². The minimum Gasteiger partial charge on any atom is -0.208 e. The lowest BCUT2D eigenvalue weighted by atomic mass is 9.76. The molecule has 6 aromatic carbocycles. The van der Waals surface area contributed by atoms with Crippen LogP contribution in [0.5, 0.6) is 0 Å². The molecule has 1 aromatic heterocycles. The molecule has 1 fully saturated rings. The predicted octanol–water partition coefficient (Wildman–Crippen LogP) is 11.0. The van der Waals surface area contributed by atoms with Crippen molar-refractivity contribution in [1.82, 2.24) is 15.0 Å². The van der Waals surface area contributed by atoms with E-state index in [0.717, 1.165) is 22.3 Å². The van der Waals surface area contributed by atoms with Gasteiger partial charge >= 0.3 is 0 Å². The van der Waals surface area contributed by atoms with E-state index in [1.54, 1.807) is 0 Å². The Bertz CT molecular complexity index is 2180. The second-order valence-corrected chi connectivity index (χ2v) is 12.7. The molecule has 0 unspecified atom stereocenters. The number of benzene rings is 6. The van der Waals surface area contributed by atoms with Crippen LogP contribution in [0.4, 0.5) is 0 Å². The number of hydrogen-bond donors (Lipinski definition) is 0. The van der Waals surface area contributed by atoms with Crippen LogP contribution >= 0.6 is 0 Å². The van der Waals surface area contributed by atoms with Gasteiger partial charge in [0.2, 0.25) is 0 Å². The highest BCUT2D eigenvalue weighted by Gasteiger charge is 2.46. The molecule has 0 amide bonds. The highest BCUT2D eigenvalue weighted by molar-refractivity contribution is 5.94. The molecular formula is C44H33N3. The molecule has 3 heteroatoms. The Balaban J connectivity index is 1.22. The van der Waals surface area contributed by atoms with Crippen molar-refractivity contribution in [1.29, 1.82) is 0 Å². The molecule has 0 atom stereocenters. The molecule has 0 N–H and O–H groups in total. The standard InChI is InChI=1S/C44H33N3/c1-4-15-30(16-5-1)35-23-14-24-38-40(35)37-26-25-33(29-39(37)44(38)27-12-13-28-44)34-21-10-11-22-36(34)43-46-41(31-17-6-2-7-18-31)45-42(47-43)32-19-8-3-9-20-32/h1-11,14-26,29H,12-13,27-28H2. The fourth-order valence-corrected chi connectivity index (χ4v) is 7.95. The summed E-state index contributed by atoms with van der Waals surface area (Å²) in [5, 5.41) is 0. The fraction of sp³-hybridized carbons (Fsp3) is 0.114. The lowest BCUT2D eigenvalue weighted by Gasteiger charge is -2.27. The van der Waals surface area contributed by atoms with E-state index in [0.29, 0.717) is 17.5 Å². The lowest BCUT2D eigenvalue weighted by Crippen LogP contribution is -2.20. The first-order valence-corrected chi connectivity index (χ1v) is 16.6. The van der Waals surface area contributed by atoms with Gasteiger partial charge in [0.05, 0.1) is 0 Å². The van der Waals surface area contributed by atoms with Gasteiger partial charge in [-0.1, -0.05) is 158 Å². The third-order valence-corrected chi connectivity index (χ3v) is 10.1. The summed E-state index contributed by atoms with van der Waals surface area (Å²) < 4.78 is 0. The summed E-state index contributed by atoms with van der Waals surface area (Å²) in [6.45, 7) is 0. The Morgan fingerprint density at radius 3 is 1.53 bits per heavy atom. The Kier molecular flexibility index (Phi) is 6.64. The summed E-state index contributed by atoms with van der Waals surface area (Å²) in [6, 6.07) is 53.9. The van der Waals surface area contributed by atoms with Gasteiger partial charge < -0.3 is 0 Å². The van der Waals surface area contributed by atoms with Crippen LogP contribution in [0.25, 0.3) is 67.5 Å². The maximum absolute atomic E-state index is 5.08. The van der Waals surface area contributed by atoms with Crippen LogP contribution in [-0.4, -0.2) is 15.0 Å². The third-order valence-electron chi connectivity index (χ3n) is 10.1. The van der Waals surface area contributed by atoms with Crippen molar-refractivity contribution >= 4 is 0 Å². The van der Waals surface area contributed by atoms with Crippen molar-refractivity contribution in [3.63, 3.8) is 0 Å². The SMILES string of the molecule is c1ccc(-c2nc(-c3ccccc3)nc(-c3ccccc3-c3ccc4c(c3)C3(CCCC3)c3cccc(-c5ccccc5)c3-4)n2)cc1. The molecular weight excluding hydrogens is 571 g/mol. The molecule has 1 heterocycles. The average molecular weight is 604 g/mol. The summed E-state index contributed by atoms with van der Waals surface area (Å²) in [5.74, 6) is 2.03. The van der Waals surface area contributed by atoms with Gasteiger partial charge in [0, 0.05) is 22.1 Å². The van der Waals surface area contributed by atoms with Crippen LogP contribution in [0, 0.1) is 0 Å². The van der Waals surface area contributed by atoms with Crippen molar-refractivity contribution in [2.24, 2.45) is 0 Å². The van der Waals surface area contributed by atoms with Gasteiger partial charge in [-0.3, -0.25) is 0 Å². The summed E-state index contributed by atoms with van der Waals surface area (Å²) in [4.78, 5) is 15.1. The van der Waals surface area contributed by atoms with Crippen molar-refractivity contribution in [3.8, 4) is 67.5 Å². The summed E-state index contributed by atoms with van der Waals surface area (Å²) in [7, 11) is 0. The van der Waals surface area contributed by atoms with Gasteiger partial charge in [0.25, 0.3) is 0 Å². The molecule has 2 aliphatic carbocycles. The third kappa shape index (κ3) is 4.61. The number of rotatable bonds is 5. The van der Waals surface area contributed by atoms with Gasteiger partial charge in [-0.25, -0.2) is 15.0 Å². The van der Waals surface area contributed by atoms with E-state index < -0.39 is 0 Å². The molecule has 7 aromatic rings. The van der Waals surface area contributed by atoms with Crippen molar-refractivity contribution in [2.45, 2.75) is 31.1 Å². The zero-order chi connectivity index (χ0) is 31.2. The largest absolute Gasteiger partial charge is 0.208 e. The quantitative estimate of drug-likeness (QED) is 0.196. The Morgan fingerprint density at radius 1 is 0.362 bits per heavy atom. The zero-order valence-corrected chi connectivity index (χ0v) is 26.1. The smallest absolute Gasteiger partial charge is 0.164 e. The fourth-order valence-electron chi connectivity index (χ4n) is 7.95. The van der Waals surface area contributed by atoms with Crippen molar-refractivity contribution in [3.05, 3.63) is 163 Å². The van der Waals surface area contributed by atoms with Crippen LogP contribution in [0.2, 0.25) is 0 Å². The van der Waals surface area contributed by atoms with E-state index in [1.807, 2.05) is 36.4 Å². The summed E-state index contributed by atoms with van der Waals surface area (Å²) in [5.41, 5.74) is 13.7. The first-order chi connectivity index (χ1) is 23.3. The van der Waals surface area contributed by atoms with E-state index in [9.17, 15) is 0 Å². The van der Waals surface area contributed by atoms with Crippen molar-refractivity contribution in [2.75, 3.05) is 0 Å². The highest BCUT2D eigenvalue weighted by Crippen LogP contribution is 2.59. The van der Waals surface area contributed by atoms with Crippen LogP contribution in [0.1, 0.15) is 36.8 Å². The van der Waals surface area contributed by atoms with Gasteiger partial charge in [0.1, 0.15) is 0 Å². The van der Waals surface area contributed by atoms with Crippen LogP contribution in [0.15, 0.2) is 152 Å². The Morgan fingerprint density at radius 2 is 0.894 bits per heavy atom. The van der Waals surface area contributed by atoms with Crippen LogP contribution in [-0.2, 0) is 5.41 Å². The van der Waals surface area contributed by atoms with Crippen LogP contribution < -0.4 is 0 Å². The molecule has 9 rings (SSSR count). The van der Waals surface area contributed by atoms with Crippen LogP contribution in [0.3, 0.4) is 0 Å². The molecule has 2 aliphatic rings. The molecule has 3 nitrogen and oxygen atoms in total. The molecule has 0 bridgehead atoms. The Hall–Kier alpha value is -5.67. The van der Waals surface area contributed by atoms with E-state index >= 15 is 0 Å². The molecule has 1 saturated carbocycles. The number of hydrogen-bond acceptors (Lipinski definition) is 3. The van der Waals surface area contributed by atoms with Gasteiger partial charge in [0.15, 0.2) is 17.5 Å². The van der Waals surface area contributed by atoms with Gasteiger partial charge in [-0.15, -0.1) is 0 Å². The van der Waals surface area contributed by atoms with Crippen molar-refractivity contribution < 1.29 is 0 Å². The minimum absolute atomic E-state index is 0.0501. The number of aromatic nitrogens is 3. The molecule has 1 spiro atoms. The minimum atomic E-state index is 0.0501. The number of fused-ring (bicyclic) bond motifs is 5. The van der Waals surface area contributed by atoms with E-state index in [4.69, 9.17) is 15.0 Å². The molecule has 224 valence electrons. The maximum atomic E-state index is 5.08. The average Bonchev–Trinajstić information content (AvgIpc) is 3.76. The second kappa shape index (κ2) is 11.3. The zero-order valence-electron chi connectivity index (χ0n) is 26.1. The normalized spacial score (nSPS) is 14.2. The van der Waals surface area contributed by atoms with Gasteiger partial charge in [-0.2, -0.15) is 0 Å². The first kappa shape index (κ1) is 27.6. The number of nitrogens with zero attached hydrogens (tertiary/aromatic N) is 3. The highest BCUT2D eigenvalue weighted by atomic mass is 15.0. The molecule has 0 aliphatic heterocycles. The van der Waals surface area contributed by atoms with Gasteiger partial charge in [-0.05, 0) is 63.4 Å². The maximum Gasteiger partial charge on any atom is 0.164 e. The first-order valence-electron chi connectivity index (χ1n) is 16.6. The Labute approximate surface area is 275 Å². The van der Waals surface area contributed by atoms with E-state index in [-0.39, 0.29) is 5.41 Å². The molecule has 0 saturated heterocycles. The molecule has 0 radical (unpaired) electrons.